The first-order valence-corrected chi connectivity index (χ1v) is 10.4. The average molecular weight is 433 g/mol. The fraction of sp³-hybridized carbons (Fsp3) is 0.154. The zero-order valence-electron chi connectivity index (χ0n) is 17.3. The van der Waals surface area contributed by atoms with Gasteiger partial charge in [-0.25, -0.2) is 0 Å². The molecule has 4 nitrogen and oxygen atoms in total. The van der Waals surface area contributed by atoms with E-state index in [1.165, 1.54) is 5.56 Å². The van der Waals surface area contributed by atoms with Crippen LogP contribution in [0.3, 0.4) is 0 Å². The molecule has 3 aromatic carbocycles. The zero-order chi connectivity index (χ0) is 22.0. The van der Waals surface area contributed by atoms with Gasteiger partial charge in [-0.2, -0.15) is 0 Å². The number of fused-ring (bicyclic) bond motifs is 1. The minimum Gasteiger partial charge on any atom is -0.452 e. The molecule has 0 atom stereocenters. The van der Waals surface area contributed by atoms with Gasteiger partial charge in [-0.15, -0.1) is 0 Å². The summed E-state index contributed by atoms with van der Waals surface area (Å²) in [6.45, 7) is 3.89. The molecular weight excluding hydrogens is 412 g/mol. The molecule has 0 fully saturated rings. The van der Waals surface area contributed by atoms with Crippen LogP contribution in [-0.2, 0) is 17.6 Å². The van der Waals surface area contributed by atoms with E-state index in [1.807, 2.05) is 24.3 Å². The predicted molar refractivity (Wildman–Crippen MR) is 121 cm³/mol. The molecule has 0 spiro atoms. The van der Waals surface area contributed by atoms with Crippen LogP contribution in [0.2, 0.25) is 5.02 Å². The number of Topliss-reactive ketones (excluding diaryl/α,β-unsaturated/α-hetero) is 1. The minimum absolute atomic E-state index is 0.117. The monoisotopic (exact) mass is 432 g/mol. The maximum atomic E-state index is 12.8. The van der Waals surface area contributed by atoms with Crippen molar-refractivity contribution in [2.75, 3.05) is 0 Å². The van der Waals surface area contributed by atoms with Gasteiger partial charge in [-0.05, 0) is 59.9 Å². The third-order valence-electron chi connectivity index (χ3n) is 5.12. The zero-order valence-corrected chi connectivity index (χ0v) is 18.0. The van der Waals surface area contributed by atoms with Gasteiger partial charge in [-0.1, -0.05) is 54.9 Å². The van der Waals surface area contributed by atoms with Gasteiger partial charge < -0.3 is 9.47 Å². The third kappa shape index (κ3) is 4.70. The maximum absolute atomic E-state index is 12.8. The Hall–Kier alpha value is -3.37. The fourth-order valence-electron chi connectivity index (χ4n) is 3.47. The Morgan fingerprint density at radius 3 is 2.39 bits per heavy atom. The molecular formula is C26H21ClO4. The van der Waals surface area contributed by atoms with Gasteiger partial charge in [0.25, 0.3) is 0 Å². The molecule has 1 heterocycles. The van der Waals surface area contributed by atoms with Gasteiger partial charge in [0.1, 0.15) is 11.5 Å². The molecule has 0 saturated heterocycles. The van der Waals surface area contributed by atoms with E-state index >= 15 is 0 Å². The van der Waals surface area contributed by atoms with Crippen molar-refractivity contribution in [2.24, 2.45) is 0 Å². The molecule has 3 aromatic rings. The van der Waals surface area contributed by atoms with Crippen LogP contribution < -0.4 is 9.47 Å². The Bertz CT molecular complexity index is 1180. The highest BCUT2D eigenvalue weighted by atomic mass is 35.5. The van der Waals surface area contributed by atoms with Gasteiger partial charge in [0, 0.05) is 11.1 Å². The molecule has 0 amide bonds. The minimum atomic E-state index is -0.405. The summed E-state index contributed by atoms with van der Waals surface area (Å²) in [7, 11) is 0. The molecule has 5 heteroatoms. The van der Waals surface area contributed by atoms with E-state index in [0.29, 0.717) is 27.6 Å². The predicted octanol–water partition coefficient (Wildman–Crippen LogP) is 5.98. The Morgan fingerprint density at radius 2 is 1.71 bits per heavy atom. The van der Waals surface area contributed by atoms with Crippen LogP contribution in [0, 0.1) is 6.92 Å². The number of benzene rings is 3. The maximum Gasteiger partial charge on any atom is 0.315 e. The summed E-state index contributed by atoms with van der Waals surface area (Å²) >= 11 is 5.88. The van der Waals surface area contributed by atoms with Gasteiger partial charge in [0.2, 0.25) is 5.78 Å². The number of halogens is 1. The molecule has 1 aliphatic rings. The Kier molecular flexibility index (Phi) is 5.92. The molecule has 0 unspecified atom stereocenters. The van der Waals surface area contributed by atoms with E-state index in [9.17, 15) is 9.59 Å². The van der Waals surface area contributed by atoms with E-state index in [-0.39, 0.29) is 18.0 Å². The van der Waals surface area contributed by atoms with Gasteiger partial charge in [0.15, 0.2) is 5.76 Å². The fourth-order valence-corrected chi connectivity index (χ4v) is 3.60. The number of rotatable bonds is 5. The summed E-state index contributed by atoms with van der Waals surface area (Å²) in [5.41, 5.74) is 4.11. The van der Waals surface area contributed by atoms with Crippen LogP contribution in [0.15, 0.2) is 66.4 Å². The molecule has 0 aromatic heterocycles. The Morgan fingerprint density at radius 1 is 1.03 bits per heavy atom. The summed E-state index contributed by atoms with van der Waals surface area (Å²) in [6, 6.07) is 18.3. The summed E-state index contributed by atoms with van der Waals surface area (Å²) in [5, 5.41) is 0.610. The van der Waals surface area contributed by atoms with Crippen LogP contribution in [0.1, 0.15) is 39.5 Å². The van der Waals surface area contributed by atoms with Crippen molar-refractivity contribution in [1.82, 2.24) is 0 Å². The van der Waals surface area contributed by atoms with Crippen molar-refractivity contribution in [3.8, 4) is 11.5 Å². The number of hydrogen-bond acceptors (Lipinski definition) is 4. The molecule has 0 bridgehead atoms. The summed E-state index contributed by atoms with van der Waals surface area (Å²) < 4.78 is 11.3. The highest BCUT2D eigenvalue weighted by Crippen LogP contribution is 2.37. The lowest BCUT2D eigenvalue weighted by Gasteiger charge is -2.08. The second kappa shape index (κ2) is 8.78. The van der Waals surface area contributed by atoms with Gasteiger partial charge in [0.05, 0.1) is 12.0 Å². The largest absolute Gasteiger partial charge is 0.452 e. The van der Waals surface area contributed by atoms with Crippen LogP contribution in [0.25, 0.3) is 6.08 Å². The van der Waals surface area contributed by atoms with Crippen molar-refractivity contribution < 1.29 is 19.1 Å². The first-order chi connectivity index (χ1) is 14.9. The standard InChI is InChI=1S/C26H21ClO4/c1-3-17-4-6-18(7-5-17)13-23-26(29)25-16(2)12-21(15-22(25)31-23)30-24(28)14-19-8-10-20(27)11-9-19/h4-13,15H,3,14H2,1-2H3/b23-13-. The number of ether oxygens (including phenoxy) is 2. The lowest BCUT2D eigenvalue weighted by molar-refractivity contribution is -0.133. The molecule has 0 saturated carbocycles. The van der Waals surface area contributed by atoms with Crippen molar-refractivity contribution in [3.63, 3.8) is 0 Å². The van der Waals surface area contributed by atoms with Crippen LogP contribution >= 0.6 is 11.6 Å². The van der Waals surface area contributed by atoms with Gasteiger partial charge in [-0.3, -0.25) is 9.59 Å². The van der Waals surface area contributed by atoms with Crippen molar-refractivity contribution >= 4 is 29.4 Å². The Labute approximate surface area is 186 Å². The van der Waals surface area contributed by atoms with E-state index in [4.69, 9.17) is 21.1 Å². The molecule has 156 valence electrons. The van der Waals surface area contributed by atoms with Gasteiger partial charge >= 0.3 is 5.97 Å². The van der Waals surface area contributed by atoms with Crippen LogP contribution in [0.4, 0.5) is 0 Å². The van der Waals surface area contributed by atoms with E-state index in [0.717, 1.165) is 17.5 Å². The van der Waals surface area contributed by atoms with Crippen molar-refractivity contribution in [3.05, 3.63) is 99.3 Å². The molecule has 0 aliphatic carbocycles. The van der Waals surface area contributed by atoms with Crippen molar-refractivity contribution in [1.29, 1.82) is 0 Å². The topological polar surface area (TPSA) is 52.6 Å². The first-order valence-electron chi connectivity index (χ1n) is 10.1. The summed E-state index contributed by atoms with van der Waals surface area (Å²) in [6.07, 6.45) is 2.80. The average Bonchev–Trinajstić information content (AvgIpc) is 3.05. The second-order valence-corrected chi connectivity index (χ2v) is 7.86. The lowest BCUT2D eigenvalue weighted by atomic mass is 10.0. The van der Waals surface area contributed by atoms with E-state index < -0.39 is 5.97 Å². The molecule has 0 radical (unpaired) electrons. The highest BCUT2D eigenvalue weighted by molar-refractivity contribution is 6.30. The van der Waals surface area contributed by atoms with Crippen molar-refractivity contribution in [2.45, 2.75) is 26.7 Å². The second-order valence-electron chi connectivity index (χ2n) is 7.43. The molecule has 0 N–H and O–H groups in total. The first kappa shape index (κ1) is 20.9. The normalized spacial score (nSPS) is 13.8. The van der Waals surface area contributed by atoms with Crippen LogP contribution in [0.5, 0.6) is 11.5 Å². The molecule has 31 heavy (non-hydrogen) atoms. The number of carbonyl (C=O) groups excluding carboxylic acids is 2. The number of hydrogen-bond donors (Lipinski definition) is 0. The lowest BCUT2D eigenvalue weighted by Crippen LogP contribution is -2.11. The quantitative estimate of drug-likeness (QED) is 0.283. The smallest absolute Gasteiger partial charge is 0.315 e. The van der Waals surface area contributed by atoms with E-state index in [2.05, 4.69) is 6.92 Å². The van der Waals surface area contributed by atoms with E-state index in [1.54, 1.807) is 49.4 Å². The summed E-state index contributed by atoms with van der Waals surface area (Å²) in [5.74, 6) is 0.420. The number of ketones is 1. The number of carbonyl (C=O) groups is 2. The number of allylic oxidation sites excluding steroid dienone is 1. The summed E-state index contributed by atoms with van der Waals surface area (Å²) in [4.78, 5) is 25.2. The van der Waals surface area contributed by atoms with Crippen LogP contribution in [-0.4, -0.2) is 11.8 Å². The number of esters is 1. The number of aryl methyl sites for hydroxylation is 2. The molecule has 1 aliphatic heterocycles. The highest BCUT2D eigenvalue weighted by Gasteiger charge is 2.30. The Balaban J connectivity index is 1.51. The molecule has 4 rings (SSSR count). The third-order valence-corrected chi connectivity index (χ3v) is 5.37. The SMILES string of the molecule is CCc1ccc(/C=C2\Oc3cc(OC(=O)Cc4ccc(Cl)cc4)cc(C)c3C2=O)cc1.